The molecule has 7 nitrogen and oxygen atoms in total. The number of hydrogen-bond donors (Lipinski definition) is 0. The molecule has 0 bridgehead atoms. The Morgan fingerprint density at radius 2 is 1.87 bits per heavy atom. The second-order valence-corrected chi connectivity index (χ2v) is 7.08. The summed E-state index contributed by atoms with van der Waals surface area (Å²) in [4.78, 5) is 24.8. The predicted octanol–water partition coefficient (Wildman–Crippen LogP) is 4.55. The fourth-order valence-corrected chi connectivity index (χ4v) is 2.89. The molecule has 0 unspecified atom stereocenters. The molecule has 1 heterocycles. The average molecular weight is 426 g/mol. The molecule has 0 aliphatic heterocycles. The SMILES string of the molecule is CCOCCOC(=O)[C@@H](C)Oc1ccc2c(=O)c(Oc3cc(C)ccc3C)coc2c1. The van der Waals surface area contributed by atoms with Crippen LogP contribution in [-0.2, 0) is 14.3 Å². The Bertz CT molecular complexity index is 1120. The average Bonchev–Trinajstić information content (AvgIpc) is 2.75. The zero-order valence-corrected chi connectivity index (χ0v) is 18.1. The van der Waals surface area contributed by atoms with Gasteiger partial charge < -0.3 is 23.4 Å². The third kappa shape index (κ3) is 5.64. The maximum Gasteiger partial charge on any atom is 0.347 e. The van der Waals surface area contributed by atoms with Crippen molar-refractivity contribution >= 4 is 16.9 Å². The number of benzene rings is 2. The van der Waals surface area contributed by atoms with Crippen molar-refractivity contribution in [3.8, 4) is 17.2 Å². The molecule has 0 aliphatic rings. The summed E-state index contributed by atoms with van der Waals surface area (Å²) in [7, 11) is 0. The number of rotatable bonds is 9. The van der Waals surface area contributed by atoms with Crippen LogP contribution in [0.2, 0.25) is 0 Å². The van der Waals surface area contributed by atoms with E-state index in [0.717, 1.165) is 11.1 Å². The Kier molecular flexibility index (Phi) is 7.31. The van der Waals surface area contributed by atoms with Crippen LogP contribution >= 0.6 is 0 Å². The molecule has 0 N–H and O–H groups in total. The van der Waals surface area contributed by atoms with Crippen LogP contribution in [0.3, 0.4) is 0 Å². The molecule has 2 aromatic carbocycles. The number of fused-ring (bicyclic) bond motifs is 1. The fourth-order valence-electron chi connectivity index (χ4n) is 2.89. The van der Waals surface area contributed by atoms with E-state index in [1.807, 2.05) is 39.0 Å². The van der Waals surface area contributed by atoms with Gasteiger partial charge in [-0.1, -0.05) is 12.1 Å². The van der Waals surface area contributed by atoms with Crippen molar-refractivity contribution in [2.24, 2.45) is 0 Å². The number of ether oxygens (including phenoxy) is 4. The molecule has 0 fully saturated rings. The van der Waals surface area contributed by atoms with E-state index < -0.39 is 12.1 Å². The van der Waals surface area contributed by atoms with Crippen LogP contribution in [0.15, 0.2) is 51.9 Å². The molecular formula is C24H26O7. The van der Waals surface area contributed by atoms with Crippen molar-refractivity contribution in [3.63, 3.8) is 0 Å². The van der Waals surface area contributed by atoms with Gasteiger partial charge in [0.25, 0.3) is 0 Å². The van der Waals surface area contributed by atoms with Gasteiger partial charge in [-0.05, 0) is 57.0 Å². The van der Waals surface area contributed by atoms with Gasteiger partial charge in [-0.2, -0.15) is 0 Å². The van der Waals surface area contributed by atoms with Crippen LogP contribution in [0.1, 0.15) is 25.0 Å². The first kappa shape index (κ1) is 22.4. The summed E-state index contributed by atoms with van der Waals surface area (Å²) < 4.78 is 27.3. The van der Waals surface area contributed by atoms with E-state index in [2.05, 4.69) is 0 Å². The lowest BCUT2D eigenvalue weighted by Crippen LogP contribution is -2.27. The molecule has 0 radical (unpaired) electrons. The van der Waals surface area contributed by atoms with E-state index in [0.29, 0.717) is 35.7 Å². The smallest absolute Gasteiger partial charge is 0.347 e. The lowest BCUT2D eigenvalue weighted by Gasteiger charge is -2.14. The monoisotopic (exact) mass is 426 g/mol. The molecule has 0 amide bonds. The molecule has 164 valence electrons. The van der Waals surface area contributed by atoms with Crippen molar-refractivity contribution < 1.29 is 28.2 Å². The number of esters is 1. The highest BCUT2D eigenvalue weighted by Crippen LogP contribution is 2.27. The van der Waals surface area contributed by atoms with Gasteiger partial charge in [0.15, 0.2) is 6.10 Å². The summed E-state index contributed by atoms with van der Waals surface area (Å²) in [6.45, 7) is 8.37. The largest absolute Gasteiger partial charge is 0.479 e. The van der Waals surface area contributed by atoms with Crippen molar-refractivity contribution in [3.05, 3.63) is 64.0 Å². The third-order valence-corrected chi connectivity index (χ3v) is 4.60. The van der Waals surface area contributed by atoms with Crippen molar-refractivity contribution in [2.45, 2.75) is 33.8 Å². The molecule has 31 heavy (non-hydrogen) atoms. The fraction of sp³-hybridized carbons (Fsp3) is 0.333. The van der Waals surface area contributed by atoms with Gasteiger partial charge in [0.2, 0.25) is 11.2 Å². The van der Waals surface area contributed by atoms with E-state index in [1.165, 1.54) is 6.26 Å². The second kappa shape index (κ2) is 10.1. The van der Waals surface area contributed by atoms with Gasteiger partial charge in [-0.15, -0.1) is 0 Å². The molecular weight excluding hydrogens is 400 g/mol. The Morgan fingerprint density at radius 3 is 2.65 bits per heavy atom. The first-order valence-corrected chi connectivity index (χ1v) is 10.1. The molecule has 0 spiro atoms. The molecule has 0 aliphatic carbocycles. The highest BCUT2D eigenvalue weighted by atomic mass is 16.6. The maximum atomic E-state index is 12.8. The van der Waals surface area contributed by atoms with Gasteiger partial charge >= 0.3 is 5.97 Å². The van der Waals surface area contributed by atoms with E-state index in [1.54, 1.807) is 25.1 Å². The third-order valence-electron chi connectivity index (χ3n) is 4.60. The van der Waals surface area contributed by atoms with Gasteiger partial charge in [0, 0.05) is 12.7 Å². The maximum absolute atomic E-state index is 12.8. The molecule has 0 saturated carbocycles. The van der Waals surface area contributed by atoms with Crippen molar-refractivity contribution in [2.75, 3.05) is 19.8 Å². The Balaban J connectivity index is 1.73. The van der Waals surface area contributed by atoms with E-state index in [4.69, 9.17) is 23.4 Å². The van der Waals surface area contributed by atoms with E-state index >= 15 is 0 Å². The highest BCUT2D eigenvalue weighted by molar-refractivity contribution is 5.79. The predicted molar refractivity (Wildman–Crippen MR) is 116 cm³/mol. The van der Waals surface area contributed by atoms with Gasteiger partial charge in [0.1, 0.15) is 30.0 Å². The van der Waals surface area contributed by atoms with Gasteiger partial charge in [0.05, 0.1) is 12.0 Å². The molecule has 3 aromatic rings. The summed E-state index contributed by atoms with van der Waals surface area (Å²) >= 11 is 0. The van der Waals surface area contributed by atoms with Gasteiger partial charge in [-0.3, -0.25) is 4.79 Å². The zero-order chi connectivity index (χ0) is 22.4. The van der Waals surface area contributed by atoms with Crippen LogP contribution in [0, 0.1) is 13.8 Å². The van der Waals surface area contributed by atoms with Crippen molar-refractivity contribution in [1.29, 1.82) is 0 Å². The second-order valence-electron chi connectivity index (χ2n) is 7.08. The minimum Gasteiger partial charge on any atom is -0.479 e. The number of aryl methyl sites for hydroxylation is 2. The molecule has 3 rings (SSSR count). The Labute approximate surface area is 180 Å². The minimum absolute atomic E-state index is 0.0983. The van der Waals surface area contributed by atoms with Gasteiger partial charge in [-0.25, -0.2) is 4.79 Å². The highest BCUT2D eigenvalue weighted by Gasteiger charge is 2.17. The first-order chi connectivity index (χ1) is 14.9. The molecule has 0 saturated heterocycles. The lowest BCUT2D eigenvalue weighted by atomic mass is 10.1. The van der Waals surface area contributed by atoms with Crippen LogP contribution in [0.5, 0.6) is 17.2 Å². The van der Waals surface area contributed by atoms with Crippen molar-refractivity contribution in [1.82, 2.24) is 0 Å². The molecule has 7 heteroatoms. The normalized spacial score (nSPS) is 11.9. The summed E-state index contributed by atoms with van der Waals surface area (Å²) in [5.41, 5.74) is 1.97. The number of hydrogen-bond acceptors (Lipinski definition) is 7. The standard InChI is InChI=1S/C24H26O7/c1-5-27-10-11-28-24(26)17(4)30-18-8-9-19-21(13-18)29-14-22(23(19)25)31-20-12-15(2)6-7-16(20)3/h6-9,12-14,17H,5,10-11H2,1-4H3/t17-/m1/s1. The zero-order valence-electron chi connectivity index (χ0n) is 18.1. The summed E-state index contributed by atoms with van der Waals surface area (Å²) in [6.07, 6.45) is 0.458. The first-order valence-electron chi connectivity index (χ1n) is 10.1. The number of carbonyl (C=O) groups excluding carboxylic acids is 1. The molecule has 1 atom stereocenters. The Morgan fingerprint density at radius 1 is 1.06 bits per heavy atom. The number of carbonyl (C=O) groups is 1. The summed E-state index contributed by atoms with van der Waals surface area (Å²) in [5.74, 6) is 0.580. The van der Waals surface area contributed by atoms with Crippen LogP contribution in [-0.4, -0.2) is 31.9 Å². The van der Waals surface area contributed by atoms with E-state index in [-0.39, 0.29) is 17.8 Å². The van der Waals surface area contributed by atoms with Crippen LogP contribution < -0.4 is 14.9 Å². The van der Waals surface area contributed by atoms with Crippen LogP contribution in [0.4, 0.5) is 0 Å². The molecule has 1 aromatic heterocycles. The summed E-state index contributed by atoms with van der Waals surface area (Å²) in [6, 6.07) is 10.5. The van der Waals surface area contributed by atoms with E-state index in [9.17, 15) is 9.59 Å². The topological polar surface area (TPSA) is 84.2 Å². The minimum atomic E-state index is -0.822. The Hall–Kier alpha value is -3.32. The quantitative estimate of drug-likeness (QED) is 0.367. The van der Waals surface area contributed by atoms with Crippen LogP contribution in [0.25, 0.3) is 11.0 Å². The lowest BCUT2D eigenvalue weighted by molar-refractivity contribution is -0.152. The summed E-state index contributed by atoms with van der Waals surface area (Å²) in [5, 5.41) is 0.349.